The Morgan fingerprint density at radius 2 is 0.821 bits per heavy atom. The van der Waals surface area contributed by atoms with Gasteiger partial charge in [-0.2, -0.15) is 0 Å². The van der Waals surface area contributed by atoms with Gasteiger partial charge in [0, 0.05) is 6.42 Å². The minimum absolute atomic E-state index is 0.0549. The average molecular weight is 967 g/mol. The van der Waals surface area contributed by atoms with E-state index in [-0.39, 0.29) is 19.1 Å². The van der Waals surface area contributed by atoms with Gasteiger partial charge < -0.3 is 19.8 Å². The van der Waals surface area contributed by atoms with E-state index in [9.17, 15) is 19.4 Å². The maximum Gasteiger partial charge on any atom is 0.472 e. The molecule has 0 heterocycles. The summed E-state index contributed by atoms with van der Waals surface area (Å²) in [6, 6.07) is -0.867. The molecule has 0 aromatic heterocycles. The van der Waals surface area contributed by atoms with Gasteiger partial charge in [0.2, 0.25) is 5.91 Å². The molecule has 0 fully saturated rings. The third-order valence-electron chi connectivity index (χ3n) is 13.1. The van der Waals surface area contributed by atoms with Crippen LogP contribution < -0.4 is 5.32 Å². The number of nitrogens with one attached hydrogen (secondary N) is 1. The number of nitrogens with zero attached hydrogens (tertiary/aromatic N) is 1. The lowest BCUT2D eigenvalue weighted by Crippen LogP contribution is -2.45. The van der Waals surface area contributed by atoms with Gasteiger partial charge in [-0.15, -0.1) is 0 Å². The normalized spacial score (nSPS) is 14.2. The maximum atomic E-state index is 12.9. The number of unbranched alkanes of at least 4 members (excludes halogenated alkanes) is 36. The highest BCUT2D eigenvalue weighted by Crippen LogP contribution is 2.43. The van der Waals surface area contributed by atoms with Crippen LogP contribution in [0, 0.1) is 0 Å². The average Bonchev–Trinajstić information content (AvgIpc) is 3.29. The standard InChI is InChI=1S/C58H113N2O6P/c1-6-8-10-12-14-16-18-20-22-23-24-25-26-27-28-29-30-31-32-33-34-35-36-37-38-39-41-43-45-47-49-51-57(61)56(55-66-67(63,64)65-54-53-60(3,4)5)59-58(62)52-50-48-46-44-42-40-21-19-17-15-13-11-9-7-2/h36-37,41,43,49,51,56-57,61H,6-35,38-40,42,44-48,50,52-55H2,1-5H3,(H-,59,62,63,64)/p+1/b37-36+,43-41+,51-49+. The first kappa shape index (κ1) is 65.7. The van der Waals surface area contributed by atoms with Crippen molar-refractivity contribution in [2.45, 2.75) is 289 Å². The Morgan fingerprint density at radius 3 is 1.19 bits per heavy atom. The summed E-state index contributed by atoms with van der Waals surface area (Å²) in [5.41, 5.74) is 0. The Kier molecular flexibility index (Phi) is 48.7. The zero-order chi connectivity index (χ0) is 49.2. The second kappa shape index (κ2) is 49.7. The predicted octanol–water partition coefficient (Wildman–Crippen LogP) is 17.4. The van der Waals surface area contributed by atoms with E-state index < -0.39 is 20.0 Å². The van der Waals surface area contributed by atoms with E-state index in [1.165, 1.54) is 212 Å². The molecule has 0 saturated carbocycles. The molecular formula is C58H114N2O6P+. The van der Waals surface area contributed by atoms with Gasteiger partial charge in [0.25, 0.3) is 0 Å². The van der Waals surface area contributed by atoms with Crippen molar-refractivity contribution >= 4 is 13.7 Å². The summed E-state index contributed by atoms with van der Waals surface area (Å²) in [6.45, 7) is 4.81. The highest BCUT2D eigenvalue weighted by Gasteiger charge is 2.27. The summed E-state index contributed by atoms with van der Waals surface area (Å²) in [5.74, 6) is -0.188. The fraction of sp³-hybridized carbons (Fsp3) is 0.879. The smallest absolute Gasteiger partial charge is 0.387 e. The second-order valence-corrected chi connectivity index (χ2v) is 22.5. The van der Waals surface area contributed by atoms with Crippen molar-refractivity contribution in [2.24, 2.45) is 0 Å². The Balaban J connectivity index is 4.17. The number of carbonyl (C=O) groups is 1. The molecule has 396 valence electrons. The molecule has 0 aromatic carbocycles. The number of allylic oxidation sites excluding steroid dienone is 5. The monoisotopic (exact) mass is 966 g/mol. The van der Waals surface area contributed by atoms with Crippen LogP contribution in [0.25, 0.3) is 0 Å². The van der Waals surface area contributed by atoms with Crippen LogP contribution in [0.5, 0.6) is 0 Å². The molecule has 1 amide bonds. The molecule has 67 heavy (non-hydrogen) atoms. The summed E-state index contributed by atoms with van der Waals surface area (Å²) in [6.07, 6.45) is 64.1. The lowest BCUT2D eigenvalue weighted by atomic mass is 10.0. The van der Waals surface area contributed by atoms with E-state index in [1.54, 1.807) is 6.08 Å². The zero-order valence-electron chi connectivity index (χ0n) is 45.2. The number of phosphoric acid groups is 1. The Hall–Kier alpha value is -1.28. The van der Waals surface area contributed by atoms with E-state index in [4.69, 9.17) is 9.05 Å². The third-order valence-corrected chi connectivity index (χ3v) is 14.1. The zero-order valence-corrected chi connectivity index (χ0v) is 46.0. The van der Waals surface area contributed by atoms with Crippen LogP contribution >= 0.6 is 7.82 Å². The first-order chi connectivity index (χ1) is 32.5. The number of hydrogen-bond acceptors (Lipinski definition) is 5. The molecule has 3 unspecified atom stereocenters. The number of likely N-dealkylation sites (N-methyl/N-ethyl adjacent to an activating group) is 1. The first-order valence-electron chi connectivity index (χ1n) is 28.9. The number of aliphatic hydroxyl groups excluding tert-OH is 1. The summed E-state index contributed by atoms with van der Waals surface area (Å²) < 4.78 is 23.6. The molecule has 0 aliphatic heterocycles. The van der Waals surface area contributed by atoms with Crippen molar-refractivity contribution in [3.63, 3.8) is 0 Å². The molecule has 0 saturated heterocycles. The minimum Gasteiger partial charge on any atom is -0.387 e. The second-order valence-electron chi connectivity index (χ2n) is 21.0. The summed E-state index contributed by atoms with van der Waals surface area (Å²) in [5, 5.41) is 13.9. The van der Waals surface area contributed by atoms with Crippen LogP contribution in [0.1, 0.15) is 277 Å². The van der Waals surface area contributed by atoms with Gasteiger partial charge in [-0.05, 0) is 44.9 Å². The summed E-state index contributed by atoms with van der Waals surface area (Å²) >= 11 is 0. The van der Waals surface area contributed by atoms with Crippen molar-refractivity contribution in [2.75, 3.05) is 40.9 Å². The lowest BCUT2D eigenvalue weighted by Gasteiger charge is -2.25. The fourth-order valence-electron chi connectivity index (χ4n) is 8.55. The molecule has 8 nitrogen and oxygen atoms in total. The molecule has 0 bridgehead atoms. The van der Waals surface area contributed by atoms with Gasteiger partial charge in [0.05, 0.1) is 39.9 Å². The number of aliphatic hydroxyl groups is 1. The summed E-state index contributed by atoms with van der Waals surface area (Å²) in [7, 11) is 1.55. The maximum absolute atomic E-state index is 12.9. The fourth-order valence-corrected chi connectivity index (χ4v) is 9.28. The lowest BCUT2D eigenvalue weighted by molar-refractivity contribution is -0.870. The van der Waals surface area contributed by atoms with Crippen molar-refractivity contribution < 1.29 is 32.9 Å². The largest absolute Gasteiger partial charge is 0.472 e. The quantitative estimate of drug-likeness (QED) is 0.0243. The van der Waals surface area contributed by atoms with Gasteiger partial charge in [-0.25, -0.2) is 4.57 Å². The molecule has 0 rings (SSSR count). The van der Waals surface area contributed by atoms with Gasteiger partial charge >= 0.3 is 7.82 Å². The molecule has 3 atom stereocenters. The number of hydrogen-bond donors (Lipinski definition) is 3. The van der Waals surface area contributed by atoms with Gasteiger partial charge in [0.15, 0.2) is 0 Å². The number of quaternary nitrogens is 1. The van der Waals surface area contributed by atoms with Crippen molar-refractivity contribution in [1.29, 1.82) is 0 Å². The van der Waals surface area contributed by atoms with Crippen molar-refractivity contribution in [3.05, 3.63) is 36.5 Å². The number of carbonyl (C=O) groups excluding carboxylic acids is 1. The highest BCUT2D eigenvalue weighted by molar-refractivity contribution is 7.47. The number of rotatable bonds is 53. The van der Waals surface area contributed by atoms with Gasteiger partial charge in [-0.3, -0.25) is 13.8 Å². The van der Waals surface area contributed by atoms with E-state index in [2.05, 4.69) is 43.5 Å². The Morgan fingerprint density at radius 1 is 0.493 bits per heavy atom. The van der Waals surface area contributed by atoms with Gasteiger partial charge in [-0.1, -0.05) is 262 Å². The molecule has 0 spiro atoms. The topological polar surface area (TPSA) is 105 Å². The van der Waals surface area contributed by atoms with Crippen LogP contribution in [0.3, 0.4) is 0 Å². The molecular weight excluding hydrogens is 852 g/mol. The molecule has 0 radical (unpaired) electrons. The third kappa shape index (κ3) is 52.4. The van der Waals surface area contributed by atoms with E-state index in [0.29, 0.717) is 17.4 Å². The first-order valence-corrected chi connectivity index (χ1v) is 30.4. The van der Waals surface area contributed by atoms with Crippen molar-refractivity contribution in [1.82, 2.24) is 5.32 Å². The van der Waals surface area contributed by atoms with Crippen LogP contribution in [0.2, 0.25) is 0 Å². The molecule has 3 N–H and O–H groups in total. The minimum atomic E-state index is -4.35. The van der Waals surface area contributed by atoms with Crippen LogP contribution in [-0.4, -0.2) is 73.4 Å². The predicted molar refractivity (Wildman–Crippen MR) is 291 cm³/mol. The summed E-state index contributed by atoms with van der Waals surface area (Å²) in [4.78, 5) is 23.2. The number of phosphoric ester groups is 1. The molecule has 0 aliphatic carbocycles. The van der Waals surface area contributed by atoms with E-state index >= 15 is 0 Å². The number of amides is 1. The van der Waals surface area contributed by atoms with Gasteiger partial charge in [0.1, 0.15) is 13.2 Å². The van der Waals surface area contributed by atoms with Crippen LogP contribution in [0.4, 0.5) is 0 Å². The van der Waals surface area contributed by atoms with E-state index in [0.717, 1.165) is 44.9 Å². The van der Waals surface area contributed by atoms with Crippen LogP contribution in [0.15, 0.2) is 36.5 Å². The Labute approximate surface area is 417 Å². The molecule has 9 heteroatoms. The van der Waals surface area contributed by atoms with Crippen LogP contribution in [-0.2, 0) is 18.4 Å². The highest BCUT2D eigenvalue weighted by atomic mass is 31.2. The SMILES string of the molecule is CCCCCCCCCCCCCCCCCCCCCCC/C=C/CC/C=C/CC/C=C/C(O)C(COP(=O)(O)OCC[N+](C)(C)C)NC(=O)CCCCCCCCCCCCCCCC. The Bertz CT molecular complexity index is 1190. The van der Waals surface area contributed by atoms with Crippen molar-refractivity contribution in [3.8, 4) is 0 Å². The molecule has 0 aromatic rings. The molecule has 0 aliphatic rings. The van der Waals surface area contributed by atoms with E-state index in [1.807, 2.05) is 27.2 Å².